The Morgan fingerprint density at radius 2 is 2.20 bits per heavy atom. The van der Waals surface area contributed by atoms with Gasteiger partial charge in [-0.1, -0.05) is 17.9 Å². The number of benzene rings is 1. The van der Waals surface area contributed by atoms with Gasteiger partial charge in [0.1, 0.15) is 0 Å². The average molecular weight is 274 g/mol. The van der Waals surface area contributed by atoms with E-state index in [1.165, 1.54) is 0 Å². The lowest BCUT2D eigenvalue weighted by atomic mass is 10.1. The molecular weight excluding hydrogens is 252 g/mol. The van der Waals surface area contributed by atoms with Gasteiger partial charge in [0, 0.05) is 24.3 Å². The van der Waals surface area contributed by atoms with Gasteiger partial charge < -0.3 is 15.8 Å². The van der Waals surface area contributed by atoms with Crippen LogP contribution >= 0.6 is 0 Å². The highest BCUT2D eigenvalue weighted by Crippen LogP contribution is 2.08. The van der Waals surface area contributed by atoms with Crippen molar-refractivity contribution in [2.24, 2.45) is 5.73 Å². The molecule has 0 radical (unpaired) electrons. The van der Waals surface area contributed by atoms with Crippen molar-refractivity contribution in [1.29, 1.82) is 0 Å². The first-order chi connectivity index (χ1) is 9.48. The third-order valence-electron chi connectivity index (χ3n) is 2.67. The number of carbonyl (C=O) groups excluding carboxylic acids is 1. The van der Waals surface area contributed by atoms with E-state index in [0.717, 1.165) is 5.56 Å². The van der Waals surface area contributed by atoms with E-state index in [9.17, 15) is 4.79 Å². The summed E-state index contributed by atoms with van der Waals surface area (Å²) in [5.74, 6) is 5.55. The van der Waals surface area contributed by atoms with E-state index in [0.29, 0.717) is 25.3 Å². The van der Waals surface area contributed by atoms with Crippen LogP contribution in [-0.4, -0.2) is 31.2 Å². The summed E-state index contributed by atoms with van der Waals surface area (Å²) in [6.45, 7) is 7.20. The maximum absolute atomic E-state index is 12.1. The summed E-state index contributed by atoms with van der Waals surface area (Å²) in [6, 6.07) is 7.18. The van der Waals surface area contributed by atoms with Crippen LogP contribution in [0, 0.1) is 11.8 Å². The smallest absolute Gasteiger partial charge is 0.251 e. The van der Waals surface area contributed by atoms with Crippen molar-refractivity contribution in [3.8, 4) is 11.8 Å². The Morgan fingerprint density at radius 1 is 1.45 bits per heavy atom. The molecular formula is C16H22N2O2. The topological polar surface area (TPSA) is 64.3 Å². The maximum Gasteiger partial charge on any atom is 0.251 e. The first-order valence-electron chi connectivity index (χ1n) is 6.69. The fourth-order valence-corrected chi connectivity index (χ4v) is 1.73. The molecule has 1 aromatic rings. The fraction of sp³-hybridized carbons (Fsp3) is 0.438. The van der Waals surface area contributed by atoms with Gasteiger partial charge in [-0.3, -0.25) is 4.79 Å². The normalized spacial score (nSPS) is 10.6. The van der Waals surface area contributed by atoms with Gasteiger partial charge in [0.05, 0.1) is 12.1 Å². The average Bonchev–Trinajstić information content (AvgIpc) is 2.43. The van der Waals surface area contributed by atoms with Crippen LogP contribution in [0.2, 0.25) is 0 Å². The molecule has 1 aromatic carbocycles. The molecule has 0 bridgehead atoms. The summed E-state index contributed by atoms with van der Waals surface area (Å²) in [7, 11) is 0. The minimum Gasteiger partial charge on any atom is -0.374 e. The second kappa shape index (κ2) is 7.68. The minimum absolute atomic E-state index is 0.130. The Morgan fingerprint density at radius 3 is 2.85 bits per heavy atom. The van der Waals surface area contributed by atoms with Gasteiger partial charge in [0.2, 0.25) is 0 Å². The summed E-state index contributed by atoms with van der Waals surface area (Å²) >= 11 is 0. The monoisotopic (exact) mass is 274 g/mol. The van der Waals surface area contributed by atoms with E-state index in [-0.39, 0.29) is 11.5 Å². The summed E-state index contributed by atoms with van der Waals surface area (Å²) in [5, 5.41) is 2.87. The standard InChI is InChI=1S/C16H22N2O2/c1-4-20-16(2,3)12-18-15(19)14-9-5-7-13(11-14)8-6-10-17/h5,7,9,11H,4,10,12,17H2,1-3H3,(H,18,19). The van der Waals surface area contributed by atoms with Crippen LogP contribution in [-0.2, 0) is 4.74 Å². The highest BCUT2D eigenvalue weighted by Gasteiger charge is 2.18. The Balaban J connectivity index is 2.68. The number of ether oxygens (including phenoxy) is 1. The Bertz CT molecular complexity index is 513. The molecule has 0 fully saturated rings. The third-order valence-corrected chi connectivity index (χ3v) is 2.67. The van der Waals surface area contributed by atoms with Gasteiger partial charge in [0.15, 0.2) is 0 Å². The lowest BCUT2D eigenvalue weighted by Gasteiger charge is -2.24. The summed E-state index contributed by atoms with van der Waals surface area (Å²) in [6.07, 6.45) is 0. The predicted molar refractivity (Wildman–Crippen MR) is 80.4 cm³/mol. The van der Waals surface area contributed by atoms with Crippen molar-refractivity contribution in [3.05, 3.63) is 35.4 Å². The van der Waals surface area contributed by atoms with E-state index in [1.54, 1.807) is 12.1 Å². The highest BCUT2D eigenvalue weighted by molar-refractivity contribution is 5.94. The van der Waals surface area contributed by atoms with Crippen molar-refractivity contribution in [1.82, 2.24) is 5.32 Å². The summed E-state index contributed by atoms with van der Waals surface area (Å²) in [4.78, 5) is 12.1. The van der Waals surface area contributed by atoms with Gasteiger partial charge >= 0.3 is 0 Å². The van der Waals surface area contributed by atoms with Crippen LogP contribution in [0.4, 0.5) is 0 Å². The molecule has 0 heterocycles. The quantitative estimate of drug-likeness (QED) is 0.801. The number of hydrogen-bond acceptors (Lipinski definition) is 3. The fourth-order valence-electron chi connectivity index (χ4n) is 1.73. The molecule has 4 nitrogen and oxygen atoms in total. The second-order valence-electron chi connectivity index (χ2n) is 4.96. The zero-order valence-corrected chi connectivity index (χ0v) is 12.3. The maximum atomic E-state index is 12.1. The van der Waals surface area contributed by atoms with E-state index in [2.05, 4.69) is 17.2 Å². The van der Waals surface area contributed by atoms with Gasteiger partial charge in [0.25, 0.3) is 5.91 Å². The molecule has 0 saturated carbocycles. The van der Waals surface area contributed by atoms with Crippen molar-refractivity contribution >= 4 is 5.91 Å². The number of nitrogens with two attached hydrogens (primary N) is 1. The number of nitrogens with one attached hydrogen (secondary N) is 1. The molecule has 3 N–H and O–H groups in total. The minimum atomic E-state index is -0.374. The Kier molecular flexibility index (Phi) is 6.23. The number of carbonyl (C=O) groups is 1. The molecule has 0 atom stereocenters. The van der Waals surface area contributed by atoms with E-state index >= 15 is 0 Å². The molecule has 0 aliphatic rings. The first kappa shape index (κ1) is 16.2. The van der Waals surface area contributed by atoms with Gasteiger partial charge in [-0.05, 0) is 39.0 Å². The third kappa shape index (κ3) is 5.43. The van der Waals surface area contributed by atoms with Crippen LogP contribution in [0.1, 0.15) is 36.7 Å². The molecule has 1 amide bonds. The van der Waals surface area contributed by atoms with Crippen LogP contribution in [0.3, 0.4) is 0 Å². The predicted octanol–water partition coefficient (Wildman–Crippen LogP) is 1.54. The lowest BCUT2D eigenvalue weighted by molar-refractivity contribution is -0.00815. The van der Waals surface area contributed by atoms with Gasteiger partial charge in [-0.25, -0.2) is 0 Å². The molecule has 0 unspecified atom stereocenters. The van der Waals surface area contributed by atoms with E-state index in [4.69, 9.17) is 10.5 Å². The number of amides is 1. The first-order valence-corrected chi connectivity index (χ1v) is 6.69. The van der Waals surface area contributed by atoms with Crippen molar-refractivity contribution < 1.29 is 9.53 Å². The van der Waals surface area contributed by atoms with E-state index < -0.39 is 0 Å². The molecule has 0 spiro atoms. The molecule has 20 heavy (non-hydrogen) atoms. The lowest BCUT2D eigenvalue weighted by Crippen LogP contribution is -2.40. The number of hydrogen-bond donors (Lipinski definition) is 2. The van der Waals surface area contributed by atoms with Crippen molar-refractivity contribution in [2.75, 3.05) is 19.7 Å². The van der Waals surface area contributed by atoms with Crippen LogP contribution in [0.15, 0.2) is 24.3 Å². The number of rotatable bonds is 5. The molecule has 0 aromatic heterocycles. The van der Waals surface area contributed by atoms with Crippen LogP contribution in [0.25, 0.3) is 0 Å². The largest absolute Gasteiger partial charge is 0.374 e. The zero-order valence-electron chi connectivity index (χ0n) is 12.3. The van der Waals surface area contributed by atoms with Crippen molar-refractivity contribution in [2.45, 2.75) is 26.4 Å². The molecule has 0 aliphatic carbocycles. The molecule has 0 saturated heterocycles. The molecule has 108 valence electrons. The van der Waals surface area contributed by atoms with Gasteiger partial charge in [-0.2, -0.15) is 0 Å². The van der Waals surface area contributed by atoms with Crippen molar-refractivity contribution in [3.63, 3.8) is 0 Å². The zero-order chi connectivity index (χ0) is 15.0. The van der Waals surface area contributed by atoms with Crippen LogP contribution in [0.5, 0.6) is 0 Å². The van der Waals surface area contributed by atoms with Gasteiger partial charge in [-0.15, -0.1) is 0 Å². The van der Waals surface area contributed by atoms with Crippen LogP contribution < -0.4 is 11.1 Å². The van der Waals surface area contributed by atoms with E-state index in [1.807, 2.05) is 32.9 Å². The SMILES string of the molecule is CCOC(C)(C)CNC(=O)c1cccc(C#CCN)c1. The second-order valence-corrected chi connectivity index (χ2v) is 4.96. The molecule has 4 heteroatoms. The Labute approximate surface area is 120 Å². The summed E-state index contributed by atoms with van der Waals surface area (Å²) in [5.41, 5.74) is 6.33. The molecule has 1 rings (SSSR count). The molecule has 0 aliphatic heterocycles. The summed E-state index contributed by atoms with van der Waals surface area (Å²) < 4.78 is 5.54. The highest BCUT2D eigenvalue weighted by atomic mass is 16.5. The Hall–Kier alpha value is -1.83.